The van der Waals surface area contributed by atoms with Crippen LogP contribution in [-0.2, 0) is 13.5 Å². The predicted molar refractivity (Wildman–Crippen MR) is 113 cm³/mol. The van der Waals surface area contributed by atoms with Gasteiger partial charge < -0.3 is 0 Å². The highest BCUT2D eigenvalue weighted by Crippen LogP contribution is 2.23. The van der Waals surface area contributed by atoms with Crippen LogP contribution in [0.4, 0.5) is 0 Å². The fraction of sp³-hybridized carbons (Fsp3) is 0.190. The number of carbonyl (C=O) groups excluding carboxylic acids is 1. The van der Waals surface area contributed by atoms with Gasteiger partial charge in [0, 0.05) is 18.3 Å². The summed E-state index contributed by atoms with van der Waals surface area (Å²) < 4.78 is 3.87. The van der Waals surface area contributed by atoms with Gasteiger partial charge in [0.25, 0.3) is 0 Å². The third-order valence-corrected chi connectivity index (χ3v) is 4.99. The van der Waals surface area contributed by atoms with E-state index in [1.54, 1.807) is 35.1 Å². The van der Waals surface area contributed by atoms with Crippen LogP contribution in [0.3, 0.4) is 0 Å². The molecule has 0 saturated carbocycles. The maximum atomic E-state index is 13.5. The average molecular weight is 423 g/mol. The molecular formula is C21H19ClN6O2. The zero-order valence-corrected chi connectivity index (χ0v) is 17.2. The lowest BCUT2D eigenvalue weighted by Gasteiger charge is -2.12. The zero-order chi connectivity index (χ0) is 21.3. The van der Waals surface area contributed by atoms with Crippen LogP contribution in [0.1, 0.15) is 35.0 Å². The van der Waals surface area contributed by atoms with Crippen molar-refractivity contribution in [1.82, 2.24) is 29.6 Å². The quantitative estimate of drug-likeness (QED) is 0.446. The van der Waals surface area contributed by atoms with Crippen LogP contribution in [0.2, 0.25) is 5.02 Å². The Kier molecular flexibility index (Phi) is 5.33. The summed E-state index contributed by atoms with van der Waals surface area (Å²) in [6, 6.07) is 14.2. The number of ketones is 1. The minimum atomic E-state index is -0.426. The maximum Gasteiger partial charge on any atom is 0.368 e. The van der Waals surface area contributed by atoms with Crippen LogP contribution in [-0.4, -0.2) is 35.4 Å². The number of aryl methyl sites for hydroxylation is 2. The van der Waals surface area contributed by atoms with Crippen molar-refractivity contribution in [1.29, 1.82) is 0 Å². The van der Waals surface area contributed by atoms with Crippen molar-refractivity contribution in [2.75, 3.05) is 0 Å². The number of carbonyl (C=O) groups is 1. The zero-order valence-electron chi connectivity index (χ0n) is 16.5. The van der Waals surface area contributed by atoms with E-state index in [1.165, 1.54) is 7.05 Å². The molecule has 4 rings (SSSR count). The number of hydrogen-bond acceptors (Lipinski definition) is 5. The number of benzene rings is 2. The molecule has 0 aliphatic heterocycles. The van der Waals surface area contributed by atoms with E-state index in [-0.39, 0.29) is 11.5 Å². The van der Waals surface area contributed by atoms with Crippen LogP contribution in [0, 0.1) is 0 Å². The summed E-state index contributed by atoms with van der Waals surface area (Å²) >= 11 is 5.95. The number of rotatable bonds is 6. The van der Waals surface area contributed by atoms with Gasteiger partial charge in [-0.25, -0.2) is 9.48 Å². The Morgan fingerprint density at radius 3 is 2.50 bits per heavy atom. The second-order valence-corrected chi connectivity index (χ2v) is 7.25. The van der Waals surface area contributed by atoms with Gasteiger partial charge in [-0.1, -0.05) is 37.1 Å². The smallest absolute Gasteiger partial charge is 0.287 e. The molecule has 0 aliphatic rings. The second-order valence-electron chi connectivity index (χ2n) is 6.81. The van der Waals surface area contributed by atoms with E-state index in [0.29, 0.717) is 22.7 Å². The van der Waals surface area contributed by atoms with Crippen LogP contribution >= 0.6 is 11.6 Å². The second kappa shape index (κ2) is 8.08. The first-order chi connectivity index (χ1) is 14.5. The van der Waals surface area contributed by atoms with Crippen molar-refractivity contribution in [2.45, 2.75) is 19.8 Å². The molecule has 30 heavy (non-hydrogen) atoms. The first-order valence-corrected chi connectivity index (χ1v) is 9.85. The van der Waals surface area contributed by atoms with Crippen molar-refractivity contribution in [2.24, 2.45) is 7.05 Å². The topological polar surface area (TPSA) is 87.6 Å². The van der Waals surface area contributed by atoms with Crippen molar-refractivity contribution in [3.63, 3.8) is 0 Å². The molecule has 2 heterocycles. The minimum Gasteiger partial charge on any atom is -0.287 e. The third kappa shape index (κ3) is 3.57. The first-order valence-electron chi connectivity index (χ1n) is 9.47. The van der Waals surface area contributed by atoms with E-state index in [4.69, 9.17) is 11.6 Å². The molecule has 2 aromatic heterocycles. The molecule has 8 nitrogen and oxygen atoms in total. The first kappa shape index (κ1) is 19.8. The maximum absolute atomic E-state index is 13.5. The summed E-state index contributed by atoms with van der Waals surface area (Å²) in [4.78, 5) is 25.9. The molecule has 0 amide bonds. The molecule has 0 fully saturated rings. The number of hydrogen-bond donors (Lipinski definition) is 0. The van der Waals surface area contributed by atoms with E-state index < -0.39 is 5.69 Å². The Morgan fingerprint density at radius 1 is 1.07 bits per heavy atom. The van der Waals surface area contributed by atoms with E-state index in [2.05, 4.69) is 15.5 Å². The lowest BCUT2D eigenvalue weighted by molar-refractivity contribution is 0.103. The molecule has 2 aromatic carbocycles. The van der Waals surface area contributed by atoms with E-state index >= 15 is 0 Å². The molecule has 0 atom stereocenters. The molecule has 0 unspecified atom stereocenters. The molecule has 152 valence electrons. The fourth-order valence-electron chi connectivity index (χ4n) is 3.28. The van der Waals surface area contributed by atoms with Gasteiger partial charge in [0.15, 0.2) is 0 Å². The molecule has 0 bridgehead atoms. The van der Waals surface area contributed by atoms with Gasteiger partial charge in [0.05, 0.1) is 16.9 Å². The molecule has 0 radical (unpaired) electrons. The molecule has 0 spiro atoms. The minimum absolute atomic E-state index is 0.270. The van der Waals surface area contributed by atoms with Crippen molar-refractivity contribution < 1.29 is 4.79 Å². The summed E-state index contributed by atoms with van der Waals surface area (Å²) in [5, 5.41) is 12.7. The Hall–Kier alpha value is -3.52. The number of aromatic nitrogens is 6. The lowest BCUT2D eigenvalue weighted by Crippen LogP contribution is -2.24. The Morgan fingerprint density at radius 2 is 1.83 bits per heavy atom. The number of tetrazole rings is 1. The van der Waals surface area contributed by atoms with Crippen LogP contribution in [0.5, 0.6) is 0 Å². The molecule has 0 N–H and O–H groups in total. The van der Waals surface area contributed by atoms with Crippen LogP contribution < -0.4 is 5.69 Å². The van der Waals surface area contributed by atoms with Gasteiger partial charge in [-0.05, 0) is 58.8 Å². The van der Waals surface area contributed by atoms with Crippen LogP contribution in [0.25, 0.3) is 11.4 Å². The third-order valence-electron chi connectivity index (χ3n) is 4.74. The van der Waals surface area contributed by atoms with Gasteiger partial charge in [-0.15, -0.1) is 0 Å². The summed E-state index contributed by atoms with van der Waals surface area (Å²) in [6.07, 6.45) is 3.24. The molecule has 9 heteroatoms. The molecule has 0 saturated heterocycles. The van der Waals surface area contributed by atoms with Crippen LogP contribution in [0.15, 0.2) is 59.5 Å². The summed E-state index contributed by atoms with van der Waals surface area (Å²) in [7, 11) is 1.51. The van der Waals surface area contributed by atoms with Crippen molar-refractivity contribution in [3.05, 3.63) is 87.1 Å². The van der Waals surface area contributed by atoms with Crippen molar-refractivity contribution in [3.8, 4) is 11.4 Å². The van der Waals surface area contributed by atoms with E-state index in [0.717, 1.165) is 27.0 Å². The SMILES string of the molecule is CCCc1cccc(-n2nnn(C)c2=O)c1C(=O)c1ccn(-c2ccc(Cl)cc2)n1. The Balaban J connectivity index is 1.81. The highest BCUT2D eigenvalue weighted by atomic mass is 35.5. The largest absolute Gasteiger partial charge is 0.368 e. The molecule has 4 aromatic rings. The van der Waals surface area contributed by atoms with Gasteiger partial charge in [0.1, 0.15) is 5.69 Å². The standard InChI is InChI=1S/C21H19ClN6O2/c1-3-5-14-6-4-7-18(28-21(30)26(2)24-25-28)19(14)20(29)17-12-13-27(23-17)16-10-8-15(22)9-11-16/h4,6-13H,3,5H2,1-2H3. The number of halogens is 1. The molecular weight excluding hydrogens is 404 g/mol. The Labute approximate surface area is 177 Å². The van der Waals surface area contributed by atoms with Gasteiger partial charge >= 0.3 is 5.69 Å². The summed E-state index contributed by atoms with van der Waals surface area (Å²) in [6.45, 7) is 2.03. The molecule has 0 aliphatic carbocycles. The predicted octanol–water partition coefficient (Wildman–Crippen LogP) is 2.99. The highest BCUT2D eigenvalue weighted by molar-refractivity contribution is 6.30. The normalized spacial score (nSPS) is 11.0. The van der Waals surface area contributed by atoms with Gasteiger partial charge in [0.2, 0.25) is 5.78 Å². The highest BCUT2D eigenvalue weighted by Gasteiger charge is 2.23. The van der Waals surface area contributed by atoms with E-state index in [9.17, 15) is 9.59 Å². The number of nitrogens with zero attached hydrogens (tertiary/aromatic N) is 6. The Bertz CT molecular complexity index is 1270. The van der Waals surface area contributed by atoms with Crippen molar-refractivity contribution >= 4 is 17.4 Å². The van der Waals surface area contributed by atoms with E-state index in [1.807, 2.05) is 31.2 Å². The monoisotopic (exact) mass is 422 g/mol. The average Bonchev–Trinajstić information content (AvgIpc) is 3.36. The summed E-state index contributed by atoms with van der Waals surface area (Å²) in [5.41, 5.74) is 2.26. The van der Waals surface area contributed by atoms with Gasteiger partial charge in [-0.3, -0.25) is 4.79 Å². The van der Waals surface area contributed by atoms with Gasteiger partial charge in [-0.2, -0.15) is 14.5 Å². The lowest BCUT2D eigenvalue weighted by atomic mass is 9.96. The summed E-state index contributed by atoms with van der Waals surface area (Å²) in [5.74, 6) is -0.278. The fourth-order valence-corrected chi connectivity index (χ4v) is 3.40.